The van der Waals surface area contributed by atoms with Crippen molar-refractivity contribution in [2.24, 2.45) is 0 Å². The molecular weight excluding hydrogens is 330 g/mol. The predicted octanol–water partition coefficient (Wildman–Crippen LogP) is 2.47. The van der Waals surface area contributed by atoms with Gasteiger partial charge in [0, 0.05) is 0 Å². The van der Waals surface area contributed by atoms with Gasteiger partial charge in [0.05, 0.1) is 12.2 Å². The second-order valence-electron chi connectivity index (χ2n) is 7.42. The first-order valence-corrected chi connectivity index (χ1v) is 8.53. The van der Waals surface area contributed by atoms with Crippen molar-refractivity contribution < 1.29 is 9.84 Å². The third-order valence-electron chi connectivity index (χ3n) is 4.29. The van der Waals surface area contributed by atoms with E-state index < -0.39 is 11.7 Å². The number of nitriles is 1. The molecule has 0 saturated carbocycles. The molecule has 1 heterocycles. The van der Waals surface area contributed by atoms with Gasteiger partial charge in [-0.25, -0.2) is 4.68 Å². The highest BCUT2D eigenvalue weighted by Crippen LogP contribution is 2.24. The number of nitrogens with zero attached hydrogens (tertiary/aromatic N) is 3. The molecule has 1 aromatic heterocycles. The van der Waals surface area contributed by atoms with Crippen LogP contribution in [0.25, 0.3) is 0 Å². The number of aryl methyl sites for hydroxylation is 1. The van der Waals surface area contributed by atoms with Crippen molar-refractivity contribution in [1.29, 1.82) is 5.26 Å². The van der Waals surface area contributed by atoms with Crippen LogP contribution in [0.3, 0.4) is 0 Å². The Labute approximate surface area is 153 Å². The predicted molar refractivity (Wildman–Crippen MR) is 99.3 cm³/mol. The Bertz CT molecular complexity index is 871. The van der Waals surface area contributed by atoms with Gasteiger partial charge in [0.25, 0.3) is 5.56 Å². The fraction of sp³-hybridized carbons (Fsp3) is 0.450. The van der Waals surface area contributed by atoms with Crippen molar-refractivity contribution in [3.63, 3.8) is 0 Å². The largest absolute Gasteiger partial charge is 0.491 e. The van der Waals surface area contributed by atoms with Crippen LogP contribution < -0.4 is 10.3 Å². The minimum absolute atomic E-state index is 0.0256. The van der Waals surface area contributed by atoms with Crippen LogP contribution in [0, 0.1) is 25.2 Å². The van der Waals surface area contributed by atoms with Crippen LogP contribution in [0.15, 0.2) is 29.1 Å². The summed E-state index contributed by atoms with van der Waals surface area (Å²) in [7, 11) is 0. The lowest BCUT2D eigenvalue weighted by molar-refractivity contribution is 0.0877. The first-order valence-electron chi connectivity index (χ1n) is 8.53. The lowest BCUT2D eigenvalue weighted by Gasteiger charge is -2.19. The molecule has 2 aromatic rings. The average Bonchev–Trinajstić information content (AvgIpc) is 2.58. The highest BCUT2D eigenvalue weighted by atomic mass is 16.5. The molecular formula is C20H25N3O3. The molecule has 2 rings (SSSR count). The minimum Gasteiger partial charge on any atom is -0.491 e. The molecule has 6 nitrogen and oxygen atoms in total. The first-order chi connectivity index (χ1) is 12.1. The Morgan fingerprint density at radius 2 is 1.88 bits per heavy atom. The van der Waals surface area contributed by atoms with Crippen LogP contribution in [0.5, 0.6) is 5.75 Å². The van der Waals surface area contributed by atoms with Gasteiger partial charge >= 0.3 is 0 Å². The van der Waals surface area contributed by atoms with Crippen LogP contribution in [0.1, 0.15) is 43.2 Å². The van der Waals surface area contributed by atoms with Crippen molar-refractivity contribution in [2.45, 2.75) is 52.7 Å². The standard InChI is InChI=1S/C20H25N3O3/c1-13-14(2)22-23(19(25)18(13)10-21)11-16(24)12-26-17-8-6-15(7-9-17)20(3,4)5/h6-9,16,24H,11-12H2,1-5H3. The Kier molecular flexibility index (Phi) is 5.83. The highest BCUT2D eigenvalue weighted by Gasteiger charge is 2.16. The van der Waals surface area contributed by atoms with Crippen LogP contribution in [0.2, 0.25) is 0 Å². The molecule has 1 aromatic carbocycles. The van der Waals surface area contributed by atoms with Gasteiger partial charge in [0.15, 0.2) is 0 Å². The van der Waals surface area contributed by atoms with Crippen LogP contribution >= 0.6 is 0 Å². The molecule has 0 aliphatic heterocycles. The zero-order valence-corrected chi connectivity index (χ0v) is 15.9. The summed E-state index contributed by atoms with van der Waals surface area (Å²) in [5, 5.41) is 23.5. The fourth-order valence-electron chi connectivity index (χ4n) is 2.52. The van der Waals surface area contributed by atoms with Gasteiger partial charge in [-0.3, -0.25) is 4.79 Å². The van der Waals surface area contributed by atoms with Gasteiger partial charge in [-0.1, -0.05) is 32.9 Å². The summed E-state index contributed by atoms with van der Waals surface area (Å²) in [6, 6.07) is 9.62. The molecule has 0 saturated heterocycles. The average molecular weight is 355 g/mol. The van der Waals surface area contributed by atoms with Gasteiger partial charge in [0.2, 0.25) is 0 Å². The summed E-state index contributed by atoms with van der Waals surface area (Å²) in [5.74, 6) is 0.648. The van der Waals surface area contributed by atoms with E-state index in [0.29, 0.717) is 17.0 Å². The maximum atomic E-state index is 12.2. The molecule has 0 aliphatic rings. The third kappa shape index (κ3) is 4.50. The normalized spacial score (nSPS) is 12.5. The van der Waals surface area contributed by atoms with E-state index in [1.165, 1.54) is 5.56 Å². The summed E-state index contributed by atoms with van der Waals surface area (Å²) in [6.07, 6.45) is -0.920. The van der Waals surface area contributed by atoms with Crippen molar-refractivity contribution in [3.05, 3.63) is 57.0 Å². The van der Waals surface area contributed by atoms with E-state index in [1.54, 1.807) is 13.8 Å². The van der Waals surface area contributed by atoms with E-state index in [9.17, 15) is 9.90 Å². The number of rotatable bonds is 5. The molecule has 0 spiro atoms. The summed E-state index contributed by atoms with van der Waals surface area (Å²) in [5.41, 5.74) is 1.98. The smallest absolute Gasteiger partial charge is 0.285 e. The van der Waals surface area contributed by atoms with E-state index in [4.69, 9.17) is 10.00 Å². The Morgan fingerprint density at radius 3 is 2.42 bits per heavy atom. The molecule has 1 unspecified atom stereocenters. The number of aliphatic hydroxyl groups is 1. The first kappa shape index (κ1) is 19.7. The van der Waals surface area contributed by atoms with Crippen molar-refractivity contribution in [2.75, 3.05) is 6.61 Å². The minimum atomic E-state index is -0.920. The van der Waals surface area contributed by atoms with E-state index in [0.717, 1.165) is 4.68 Å². The van der Waals surface area contributed by atoms with Crippen LogP contribution in [0.4, 0.5) is 0 Å². The Balaban J connectivity index is 2.04. The molecule has 0 bridgehead atoms. The van der Waals surface area contributed by atoms with E-state index in [1.807, 2.05) is 30.3 Å². The highest BCUT2D eigenvalue weighted by molar-refractivity contribution is 5.36. The second-order valence-corrected chi connectivity index (χ2v) is 7.42. The van der Waals surface area contributed by atoms with Crippen molar-refractivity contribution >= 4 is 0 Å². The third-order valence-corrected chi connectivity index (χ3v) is 4.29. The molecule has 1 N–H and O–H groups in total. The Morgan fingerprint density at radius 1 is 1.27 bits per heavy atom. The van der Waals surface area contributed by atoms with Gasteiger partial charge in [0.1, 0.15) is 30.1 Å². The summed E-state index contributed by atoms with van der Waals surface area (Å²) >= 11 is 0. The van der Waals surface area contributed by atoms with E-state index in [-0.39, 0.29) is 24.1 Å². The quantitative estimate of drug-likeness (QED) is 0.890. The van der Waals surface area contributed by atoms with Gasteiger partial charge in [-0.2, -0.15) is 10.4 Å². The van der Waals surface area contributed by atoms with Gasteiger partial charge in [-0.15, -0.1) is 0 Å². The SMILES string of the molecule is Cc1nn(CC(O)COc2ccc(C(C)(C)C)cc2)c(=O)c(C#N)c1C. The maximum Gasteiger partial charge on any atom is 0.285 e. The van der Waals surface area contributed by atoms with Crippen molar-refractivity contribution in [3.8, 4) is 11.8 Å². The summed E-state index contributed by atoms with van der Waals surface area (Å²) in [6.45, 7) is 9.81. The molecule has 0 fully saturated rings. The molecule has 6 heteroatoms. The number of hydrogen-bond donors (Lipinski definition) is 1. The van der Waals surface area contributed by atoms with Gasteiger partial charge < -0.3 is 9.84 Å². The van der Waals surface area contributed by atoms with E-state index >= 15 is 0 Å². The number of ether oxygens (including phenoxy) is 1. The number of hydrogen-bond acceptors (Lipinski definition) is 5. The van der Waals surface area contributed by atoms with E-state index in [2.05, 4.69) is 25.9 Å². The number of aromatic nitrogens is 2. The molecule has 0 aliphatic carbocycles. The molecule has 0 amide bonds. The fourth-order valence-corrected chi connectivity index (χ4v) is 2.52. The number of aliphatic hydroxyl groups excluding tert-OH is 1. The summed E-state index contributed by atoms with van der Waals surface area (Å²) in [4.78, 5) is 12.2. The van der Waals surface area contributed by atoms with Gasteiger partial charge in [-0.05, 0) is 42.5 Å². The number of benzene rings is 1. The van der Waals surface area contributed by atoms with Crippen molar-refractivity contribution in [1.82, 2.24) is 9.78 Å². The zero-order valence-electron chi connectivity index (χ0n) is 15.9. The molecule has 1 atom stereocenters. The maximum absolute atomic E-state index is 12.2. The topological polar surface area (TPSA) is 88.1 Å². The molecule has 26 heavy (non-hydrogen) atoms. The monoisotopic (exact) mass is 355 g/mol. The summed E-state index contributed by atoms with van der Waals surface area (Å²) < 4.78 is 6.72. The lowest BCUT2D eigenvalue weighted by Crippen LogP contribution is -2.34. The lowest BCUT2D eigenvalue weighted by atomic mass is 9.87. The zero-order chi connectivity index (χ0) is 19.5. The molecule has 138 valence electrons. The van der Waals surface area contributed by atoms with Crippen LogP contribution in [-0.4, -0.2) is 27.6 Å². The second kappa shape index (κ2) is 7.71. The Hall–Kier alpha value is -2.65. The van der Waals surface area contributed by atoms with Crippen LogP contribution in [-0.2, 0) is 12.0 Å². The molecule has 0 radical (unpaired) electrons.